The van der Waals surface area contributed by atoms with E-state index in [9.17, 15) is 4.79 Å². The van der Waals surface area contributed by atoms with Crippen molar-refractivity contribution in [3.8, 4) is 0 Å². The van der Waals surface area contributed by atoms with Crippen molar-refractivity contribution >= 4 is 5.97 Å². The van der Waals surface area contributed by atoms with Gasteiger partial charge in [0.15, 0.2) is 0 Å². The Hall–Kier alpha value is -0.650. The second-order valence-corrected chi connectivity index (χ2v) is 3.31. The maximum Gasteiger partial charge on any atom is 0.323 e. The number of carbonyl (C=O) groups is 1. The van der Waals surface area contributed by atoms with E-state index in [2.05, 4.69) is 0 Å². The number of aliphatic carboxylic acids is 1. The van der Waals surface area contributed by atoms with E-state index in [1.807, 2.05) is 6.92 Å². The second-order valence-electron chi connectivity index (χ2n) is 3.31. The molecule has 0 unspecified atom stereocenters. The summed E-state index contributed by atoms with van der Waals surface area (Å²) in [6.07, 6.45) is 0.894. The highest BCUT2D eigenvalue weighted by atomic mass is 16.7. The van der Waals surface area contributed by atoms with E-state index in [0.717, 1.165) is 0 Å². The Kier molecular flexibility index (Phi) is 3.24. The van der Waals surface area contributed by atoms with Gasteiger partial charge in [-0.05, 0) is 19.8 Å². The zero-order chi connectivity index (χ0) is 9.90. The van der Waals surface area contributed by atoms with Gasteiger partial charge in [0, 0.05) is 13.1 Å². The highest BCUT2D eigenvalue weighted by Gasteiger charge is 2.37. The molecule has 1 aliphatic rings. The highest BCUT2D eigenvalue weighted by Crippen LogP contribution is 2.19. The molecule has 0 aromatic carbocycles. The smallest absolute Gasteiger partial charge is 0.323 e. The Labute approximate surface area is 77.4 Å². The molecule has 0 aromatic heterocycles. The average Bonchev–Trinajstić information content (AvgIpc) is 2.09. The molecule has 0 amide bonds. The van der Waals surface area contributed by atoms with Crippen LogP contribution in [0.5, 0.6) is 0 Å². The molecule has 76 valence electrons. The predicted molar refractivity (Wildman–Crippen MR) is 47.0 cm³/mol. The number of nitrogens with two attached hydrogens (primary N) is 1. The van der Waals surface area contributed by atoms with Gasteiger partial charge < -0.3 is 10.8 Å². The number of hydrogen-bond donors (Lipinski definition) is 2. The lowest BCUT2D eigenvalue weighted by Crippen LogP contribution is -2.55. The van der Waals surface area contributed by atoms with Crippen LogP contribution < -0.4 is 5.73 Å². The summed E-state index contributed by atoms with van der Waals surface area (Å²) in [7, 11) is 0. The van der Waals surface area contributed by atoms with Crippen molar-refractivity contribution in [1.29, 1.82) is 0 Å². The van der Waals surface area contributed by atoms with Crippen molar-refractivity contribution < 1.29 is 14.7 Å². The van der Waals surface area contributed by atoms with Crippen molar-refractivity contribution in [1.82, 2.24) is 5.06 Å². The number of hydroxylamine groups is 2. The summed E-state index contributed by atoms with van der Waals surface area (Å²) in [5, 5.41) is 10.6. The van der Waals surface area contributed by atoms with E-state index in [1.165, 1.54) is 0 Å². The minimum absolute atomic E-state index is 0.447. The van der Waals surface area contributed by atoms with Gasteiger partial charge in [0.1, 0.15) is 5.54 Å². The van der Waals surface area contributed by atoms with E-state index in [0.29, 0.717) is 32.5 Å². The summed E-state index contributed by atoms with van der Waals surface area (Å²) < 4.78 is 0. The molecule has 0 aliphatic carbocycles. The fraction of sp³-hybridized carbons (Fsp3) is 0.875. The lowest BCUT2D eigenvalue weighted by Gasteiger charge is -2.35. The maximum absolute atomic E-state index is 10.8. The fourth-order valence-corrected chi connectivity index (χ4v) is 1.41. The van der Waals surface area contributed by atoms with Gasteiger partial charge >= 0.3 is 5.97 Å². The lowest BCUT2D eigenvalue weighted by atomic mass is 9.90. The number of rotatable bonds is 3. The topological polar surface area (TPSA) is 75.8 Å². The molecule has 1 saturated heterocycles. The Balaban J connectivity index is 2.42. The monoisotopic (exact) mass is 188 g/mol. The van der Waals surface area contributed by atoms with Gasteiger partial charge in [0.25, 0.3) is 0 Å². The van der Waals surface area contributed by atoms with Gasteiger partial charge in [0.2, 0.25) is 0 Å². The van der Waals surface area contributed by atoms with Gasteiger partial charge in [-0.1, -0.05) is 0 Å². The molecule has 13 heavy (non-hydrogen) atoms. The van der Waals surface area contributed by atoms with Crippen LogP contribution >= 0.6 is 0 Å². The largest absolute Gasteiger partial charge is 0.480 e. The first-order valence-corrected chi connectivity index (χ1v) is 4.48. The first kappa shape index (κ1) is 10.4. The van der Waals surface area contributed by atoms with Crippen LogP contribution in [-0.4, -0.2) is 41.4 Å². The summed E-state index contributed by atoms with van der Waals surface area (Å²) in [5.74, 6) is -0.913. The van der Waals surface area contributed by atoms with Gasteiger partial charge in [0.05, 0.1) is 6.61 Å². The van der Waals surface area contributed by atoms with Crippen LogP contribution in [0.2, 0.25) is 0 Å². The minimum Gasteiger partial charge on any atom is -0.480 e. The Morgan fingerprint density at radius 1 is 1.62 bits per heavy atom. The van der Waals surface area contributed by atoms with Crippen LogP contribution in [0, 0.1) is 0 Å². The van der Waals surface area contributed by atoms with E-state index in [1.54, 1.807) is 5.06 Å². The number of carboxylic acids is 1. The third kappa shape index (κ3) is 2.40. The van der Waals surface area contributed by atoms with Crippen LogP contribution in [0.25, 0.3) is 0 Å². The van der Waals surface area contributed by atoms with Crippen molar-refractivity contribution in [3.63, 3.8) is 0 Å². The predicted octanol–water partition coefficient (Wildman–Crippen LogP) is -0.184. The fourth-order valence-electron chi connectivity index (χ4n) is 1.41. The van der Waals surface area contributed by atoms with E-state index >= 15 is 0 Å². The Bertz CT molecular complexity index is 188. The summed E-state index contributed by atoms with van der Waals surface area (Å²) >= 11 is 0. The second kappa shape index (κ2) is 4.04. The van der Waals surface area contributed by atoms with Crippen LogP contribution in [0.1, 0.15) is 19.8 Å². The molecule has 5 heteroatoms. The zero-order valence-electron chi connectivity index (χ0n) is 7.82. The quantitative estimate of drug-likeness (QED) is 0.642. The molecule has 1 fully saturated rings. The molecular formula is C8H16N2O3. The average molecular weight is 188 g/mol. The van der Waals surface area contributed by atoms with Crippen molar-refractivity contribution in [2.45, 2.75) is 25.3 Å². The molecule has 0 atom stereocenters. The molecule has 1 heterocycles. The maximum atomic E-state index is 10.8. The van der Waals surface area contributed by atoms with Gasteiger partial charge in [-0.15, -0.1) is 0 Å². The third-order valence-electron chi connectivity index (χ3n) is 2.35. The molecule has 0 saturated carbocycles. The summed E-state index contributed by atoms with van der Waals surface area (Å²) in [6, 6.07) is 0. The third-order valence-corrected chi connectivity index (χ3v) is 2.35. The van der Waals surface area contributed by atoms with E-state index < -0.39 is 11.5 Å². The van der Waals surface area contributed by atoms with Crippen molar-refractivity contribution in [2.75, 3.05) is 19.7 Å². The van der Waals surface area contributed by atoms with Gasteiger partial charge in [-0.25, -0.2) is 0 Å². The first-order valence-electron chi connectivity index (χ1n) is 4.48. The normalized spacial score (nSPS) is 22.9. The van der Waals surface area contributed by atoms with Crippen molar-refractivity contribution in [3.05, 3.63) is 0 Å². The standard InChI is InChI=1S/C8H16N2O3/c1-2-13-10-5-3-8(9,4-6-10)7(11)12/h2-6,9H2,1H3,(H,11,12). The van der Waals surface area contributed by atoms with E-state index in [-0.39, 0.29) is 0 Å². The number of hydrogen-bond acceptors (Lipinski definition) is 4. The minimum atomic E-state index is -1.05. The van der Waals surface area contributed by atoms with Crippen LogP contribution in [-0.2, 0) is 9.63 Å². The zero-order valence-corrected chi connectivity index (χ0v) is 7.82. The first-order chi connectivity index (χ1) is 6.08. The molecule has 1 rings (SSSR count). The number of nitrogens with zero attached hydrogens (tertiary/aromatic N) is 1. The number of piperidine rings is 1. The molecule has 0 bridgehead atoms. The van der Waals surface area contributed by atoms with Crippen LogP contribution in [0.3, 0.4) is 0 Å². The number of carboxylic acid groups (broad SMARTS) is 1. The molecule has 0 aromatic rings. The van der Waals surface area contributed by atoms with Gasteiger partial charge in [-0.3, -0.25) is 9.63 Å². The lowest BCUT2D eigenvalue weighted by molar-refractivity contribution is -0.178. The molecular weight excluding hydrogens is 172 g/mol. The summed E-state index contributed by atoms with van der Waals surface area (Å²) in [6.45, 7) is 3.71. The van der Waals surface area contributed by atoms with Crippen LogP contribution in [0.15, 0.2) is 0 Å². The molecule has 5 nitrogen and oxygen atoms in total. The summed E-state index contributed by atoms with van der Waals surface area (Å²) in [4.78, 5) is 16.0. The Morgan fingerprint density at radius 3 is 2.54 bits per heavy atom. The molecule has 1 aliphatic heterocycles. The molecule has 0 spiro atoms. The van der Waals surface area contributed by atoms with E-state index in [4.69, 9.17) is 15.7 Å². The van der Waals surface area contributed by atoms with Gasteiger partial charge in [-0.2, -0.15) is 5.06 Å². The van der Waals surface area contributed by atoms with Crippen molar-refractivity contribution in [2.24, 2.45) is 5.73 Å². The summed E-state index contributed by atoms with van der Waals surface area (Å²) in [5.41, 5.74) is 4.63. The van der Waals surface area contributed by atoms with Crippen LogP contribution in [0.4, 0.5) is 0 Å². The SMILES string of the molecule is CCON1CCC(N)(C(=O)O)CC1. The highest BCUT2D eigenvalue weighted by molar-refractivity contribution is 5.78. The Morgan fingerprint density at radius 2 is 2.15 bits per heavy atom. The molecule has 3 N–H and O–H groups in total. The molecule has 0 radical (unpaired) electrons.